The average molecular weight is 219 g/mol. The monoisotopic (exact) mass is 219 g/mol. The van der Waals surface area contributed by atoms with Crippen molar-refractivity contribution in [2.75, 3.05) is 5.73 Å². The van der Waals surface area contributed by atoms with Gasteiger partial charge in [0.25, 0.3) is 5.69 Å². The predicted octanol–water partition coefficient (Wildman–Crippen LogP) is 1.07. The molecule has 1 aromatic carbocycles. The summed E-state index contributed by atoms with van der Waals surface area (Å²) < 4.78 is 1.46. The molecule has 7 heteroatoms. The molecule has 0 aliphatic rings. The van der Waals surface area contributed by atoms with Gasteiger partial charge in [-0.3, -0.25) is 10.1 Å². The van der Waals surface area contributed by atoms with Gasteiger partial charge in [-0.2, -0.15) is 4.98 Å². The number of aromatic nitrogens is 3. The third kappa shape index (κ3) is 1.70. The van der Waals surface area contributed by atoms with Crippen molar-refractivity contribution >= 4 is 11.6 Å². The van der Waals surface area contributed by atoms with Crippen LogP contribution in [0.15, 0.2) is 24.3 Å². The van der Waals surface area contributed by atoms with E-state index in [4.69, 9.17) is 5.73 Å². The molecule has 1 heterocycles. The first-order valence-corrected chi connectivity index (χ1v) is 4.52. The van der Waals surface area contributed by atoms with Gasteiger partial charge < -0.3 is 5.73 Å². The molecule has 0 saturated carbocycles. The summed E-state index contributed by atoms with van der Waals surface area (Å²) in [5, 5.41) is 14.6. The number of nitrogens with two attached hydrogens (primary N) is 1. The van der Waals surface area contributed by atoms with Crippen LogP contribution in [0.2, 0.25) is 0 Å². The van der Waals surface area contributed by atoms with Gasteiger partial charge in [-0.15, -0.1) is 5.10 Å². The number of non-ortho nitro benzene ring substituents is 1. The minimum atomic E-state index is -0.459. The van der Waals surface area contributed by atoms with Crippen LogP contribution in [0.3, 0.4) is 0 Å². The lowest BCUT2D eigenvalue weighted by Crippen LogP contribution is -2.00. The average Bonchev–Trinajstić information content (AvgIpc) is 2.58. The van der Waals surface area contributed by atoms with E-state index in [-0.39, 0.29) is 11.6 Å². The summed E-state index contributed by atoms with van der Waals surface area (Å²) >= 11 is 0. The van der Waals surface area contributed by atoms with Crippen LogP contribution in [0.25, 0.3) is 5.69 Å². The Morgan fingerprint density at radius 1 is 1.50 bits per heavy atom. The third-order valence-electron chi connectivity index (χ3n) is 2.07. The Hall–Kier alpha value is -2.44. The van der Waals surface area contributed by atoms with E-state index in [1.807, 2.05) is 0 Å². The molecular formula is C9H9N5O2. The number of nitro groups is 1. The van der Waals surface area contributed by atoms with Crippen molar-refractivity contribution < 1.29 is 4.92 Å². The fraction of sp³-hybridized carbons (Fsp3) is 0.111. The van der Waals surface area contributed by atoms with E-state index in [9.17, 15) is 10.1 Å². The van der Waals surface area contributed by atoms with Gasteiger partial charge in [0.05, 0.1) is 10.6 Å². The van der Waals surface area contributed by atoms with E-state index >= 15 is 0 Å². The van der Waals surface area contributed by atoms with Crippen LogP contribution in [-0.2, 0) is 0 Å². The molecule has 0 unspecified atom stereocenters. The Balaban J connectivity index is 2.52. The molecule has 0 spiro atoms. The van der Waals surface area contributed by atoms with Crippen molar-refractivity contribution in [1.29, 1.82) is 0 Å². The zero-order chi connectivity index (χ0) is 11.7. The summed E-state index contributed by atoms with van der Waals surface area (Å²) in [5.74, 6) is 0.724. The van der Waals surface area contributed by atoms with E-state index in [0.717, 1.165) is 0 Å². The third-order valence-corrected chi connectivity index (χ3v) is 2.07. The van der Waals surface area contributed by atoms with Crippen molar-refractivity contribution in [2.45, 2.75) is 6.92 Å². The summed E-state index contributed by atoms with van der Waals surface area (Å²) in [6.07, 6.45) is 0. The molecule has 7 nitrogen and oxygen atoms in total. The van der Waals surface area contributed by atoms with Crippen molar-refractivity contribution in [3.63, 3.8) is 0 Å². The van der Waals surface area contributed by atoms with Crippen molar-refractivity contribution in [1.82, 2.24) is 14.8 Å². The smallest absolute Gasteiger partial charge is 0.271 e. The topological polar surface area (TPSA) is 99.9 Å². The van der Waals surface area contributed by atoms with Crippen molar-refractivity contribution in [3.05, 3.63) is 40.2 Å². The van der Waals surface area contributed by atoms with Gasteiger partial charge >= 0.3 is 0 Å². The molecule has 2 N–H and O–H groups in total. The predicted molar refractivity (Wildman–Crippen MR) is 57.2 cm³/mol. The summed E-state index contributed by atoms with van der Waals surface area (Å²) in [6, 6.07) is 6.12. The van der Waals surface area contributed by atoms with E-state index in [1.165, 1.54) is 16.8 Å². The molecule has 0 amide bonds. The number of nitrogen functional groups attached to an aromatic ring is 1. The van der Waals surface area contributed by atoms with Gasteiger partial charge in [-0.05, 0) is 13.0 Å². The van der Waals surface area contributed by atoms with Crippen LogP contribution >= 0.6 is 0 Å². The van der Waals surface area contributed by atoms with E-state index in [0.29, 0.717) is 11.5 Å². The largest absolute Gasteiger partial charge is 0.366 e. The molecule has 0 radical (unpaired) electrons. The molecule has 2 rings (SSSR count). The standard InChI is InChI=1S/C9H9N5O2/c1-6-11-9(10)12-13(6)7-3-2-4-8(5-7)14(15)16/h2-5H,1H3,(H2,10,12). The lowest BCUT2D eigenvalue weighted by molar-refractivity contribution is -0.384. The number of aryl methyl sites for hydroxylation is 1. The molecule has 0 saturated heterocycles. The quantitative estimate of drug-likeness (QED) is 0.601. The van der Waals surface area contributed by atoms with Crippen molar-refractivity contribution in [3.8, 4) is 5.69 Å². The Kier molecular flexibility index (Phi) is 2.28. The van der Waals surface area contributed by atoms with Crippen LogP contribution in [0, 0.1) is 17.0 Å². The molecule has 0 bridgehead atoms. The van der Waals surface area contributed by atoms with E-state index < -0.39 is 4.92 Å². The molecule has 0 atom stereocenters. The van der Waals surface area contributed by atoms with Crippen LogP contribution in [-0.4, -0.2) is 19.7 Å². The van der Waals surface area contributed by atoms with Crippen LogP contribution in [0.4, 0.5) is 11.6 Å². The first-order valence-electron chi connectivity index (χ1n) is 4.52. The van der Waals surface area contributed by atoms with E-state index in [2.05, 4.69) is 10.1 Å². The highest BCUT2D eigenvalue weighted by Gasteiger charge is 2.10. The number of nitro benzene ring substituents is 1. The maximum atomic E-state index is 10.6. The molecular weight excluding hydrogens is 210 g/mol. The van der Waals surface area contributed by atoms with Gasteiger partial charge in [-0.25, -0.2) is 4.68 Å². The fourth-order valence-corrected chi connectivity index (χ4v) is 1.39. The minimum Gasteiger partial charge on any atom is -0.366 e. The van der Waals surface area contributed by atoms with Gasteiger partial charge in [0.2, 0.25) is 5.95 Å². The number of nitrogens with zero attached hydrogens (tertiary/aromatic N) is 4. The number of rotatable bonds is 2. The van der Waals surface area contributed by atoms with E-state index in [1.54, 1.807) is 19.1 Å². The first kappa shape index (κ1) is 10.1. The molecule has 0 aliphatic carbocycles. The number of hydrogen-bond acceptors (Lipinski definition) is 5. The molecule has 0 fully saturated rings. The number of hydrogen-bond donors (Lipinski definition) is 1. The Morgan fingerprint density at radius 2 is 2.25 bits per heavy atom. The SMILES string of the molecule is Cc1nc(N)nn1-c1cccc([N+](=O)[O-])c1. The second-order valence-corrected chi connectivity index (χ2v) is 3.21. The normalized spacial score (nSPS) is 10.3. The second-order valence-electron chi connectivity index (χ2n) is 3.21. The van der Waals surface area contributed by atoms with Crippen LogP contribution < -0.4 is 5.73 Å². The lowest BCUT2D eigenvalue weighted by atomic mass is 10.3. The Morgan fingerprint density at radius 3 is 2.81 bits per heavy atom. The maximum Gasteiger partial charge on any atom is 0.271 e. The summed E-state index contributed by atoms with van der Waals surface area (Å²) in [4.78, 5) is 14.1. The highest BCUT2D eigenvalue weighted by Crippen LogP contribution is 2.17. The fourth-order valence-electron chi connectivity index (χ4n) is 1.39. The van der Waals surface area contributed by atoms with Gasteiger partial charge in [-0.1, -0.05) is 6.07 Å². The summed E-state index contributed by atoms with van der Waals surface area (Å²) in [7, 11) is 0. The lowest BCUT2D eigenvalue weighted by Gasteiger charge is -2.01. The minimum absolute atomic E-state index is 0.00553. The maximum absolute atomic E-state index is 10.6. The summed E-state index contributed by atoms with van der Waals surface area (Å²) in [6.45, 7) is 1.72. The van der Waals surface area contributed by atoms with Crippen molar-refractivity contribution in [2.24, 2.45) is 0 Å². The number of benzene rings is 1. The second kappa shape index (κ2) is 3.61. The summed E-state index contributed by atoms with van der Waals surface area (Å²) in [5.41, 5.74) is 6.01. The van der Waals surface area contributed by atoms with Gasteiger partial charge in [0.15, 0.2) is 0 Å². The molecule has 2 aromatic rings. The van der Waals surface area contributed by atoms with Gasteiger partial charge in [0.1, 0.15) is 5.82 Å². The highest BCUT2D eigenvalue weighted by atomic mass is 16.6. The molecule has 16 heavy (non-hydrogen) atoms. The molecule has 1 aromatic heterocycles. The van der Waals surface area contributed by atoms with Crippen LogP contribution in [0.5, 0.6) is 0 Å². The zero-order valence-corrected chi connectivity index (χ0v) is 8.49. The number of anilines is 1. The van der Waals surface area contributed by atoms with Crippen LogP contribution in [0.1, 0.15) is 5.82 Å². The Labute approximate surface area is 90.7 Å². The Bertz CT molecular complexity index is 549. The first-order chi connectivity index (χ1) is 7.58. The van der Waals surface area contributed by atoms with Gasteiger partial charge in [0, 0.05) is 12.1 Å². The zero-order valence-electron chi connectivity index (χ0n) is 8.49. The molecule has 82 valence electrons. The highest BCUT2D eigenvalue weighted by molar-refractivity contribution is 5.43. The molecule has 0 aliphatic heterocycles.